The monoisotopic (exact) mass is 433 g/mol. The van der Waals surface area contributed by atoms with Crippen LogP contribution in [-0.4, -0.2) is 70.7 Å². The third kappa shape index (κ3) is 3.71. The van der Waals surface area contributed by atoms with Crippen molar-refractivity contribution >= 4 is 5.78 Å². The Morgan fingerprint density at radius 3 is 2.65 bits per heavy atom. The van der Waals surface area contributed by atoms with Gasteiger partial charge in [-0.15, -0.1) is 5.10 Å². The first-order valence-electron chi connectivity index (χ1n) is 9.62. The number of aromatic nitrogens is 8. The molecule has 0 aromatic carbocycles. The van der Waals surface area contributed by atoms with E-state index in [0.29, 0.717) is 17.3 Å². The number of fused-ring (bicyclic) bond motifs is 1. The Morgan fingerprint density at radius 1 is 1.16 bits per heavy atom. The summed E-state index contributed by atoms with van der Waals surface area (Å²) in [6, 6.07) is 1.70. The van der Waals surface area contributed by atoms with E-state index >= 15 is 0 Å². The first kappa shape index (κ1) is 19.5. The molecule has 4 aromatic rings. The van der Waals surface area contributed by atoms with Crippen LogP contribution in [0.4, 0.5) is 13.2 Å². The Balaban J connectivity index is 1.55. The highest BCUT2D eigenvalue weighted by molar-refractivity contribution is 5.76. The van der Waals surface area contributed by atoms with Crippen LogP contribution in [0, 0.1) is 0 Å². The maximum absolute atomic E-state index is 13.0. The largest absolute Gasteiger partial charge is 0.474 e. The van der Waals surface area contributed by atoms with Crippen molar-refractivity contribution in [2.75, 3.05) is 20.1 Å². The van der Waals surface area contributed by atoms with E-state index < -0.39 is 12.0 Å². The molecule has 0 bridgehead atoms. The molecule has 0 saturated carbocycles. The van der Waals surface area contributed by atoms with Crippen molar-refractivity contribution in [2.45, 2.75) is 25.1 Å². The molecule has 162 valence electrons. The first-order chi connectivity index (χ1) is 14.9. The number of nitrogens with one attached hydrogen (secondary N) is 2. The number of piperidine rings is 1. The normalized spacial score (nSPS) is 16.3. The summed E-state index contributed by atoms with van der Waals surface area (Å²) in [6.07, 6.45) is 1.93. The molecule has 1 saturated heterocycles. The van der Waals surface area contributed by atoms with Crippen molar-refractivity contribution in [2.24, 2.45) is 0 Å². The fourth-order valence-electron chi connectivity index (χ4n) is 3.55. The number of likely N-dealkylation sites (tertiary alicyclic amines) is 1. The number of imidazole rings is 2. The molecule has 5 heterocycles. The number of alkyl halides is 3. The molecule has 0 amide bonds. The van der Waals surface area contributed by atoms with E-state index in [2.05, 4.69) is 47.1 Å². The van der Waals surface area contributed by atoms with Crippen LogP contribution in [0.25, 0.3) is 28.7 Å². The van der Waals surface area contributed by atoms with Crippen LogP contribution in [0.2, 0.25) is 0 Å². The topological polar surface area (TPSA) is 113 Å². The van der Waals surface area contributed by atoms with Crippen LogP contribution >= 0.6 is 0 Å². The van der Waals surface area contributed by atoms with Crippen LogP contribution in [0.1, 0.15) is 18.7 Å². The molecule has 10 nitrogen and oxygen atoms in total. The summed E-state index contributed by atoms with van der Waals surface area (Å²) in [7, 11) is 2.07. The summed E-state index contributed by atoms with van der Waals surface area (Å²) in [5.74, 6) is -0.746. The molecule has 0 aliphatic carbocycles. The van der Waals surface area contributed by atoms with Crippen molar-refractivity contribution in [3.63, 3.8) is 0 Å². The van der Waals surface area contributed by atoms with Crippen LogP contribution in [0.3, 0.4) is 0 Å². The van der Waals surface area contributed by atoms with Gasteiger partial charge in [0.15, 0.2) is 5.82 Å². The van der Waals surface area contributed by atoms with Gasteiger partial charge in [0.25, 0.3) is 5.82 Å². The van der Waals surface area contributed by atoms with Gasteiger partial charge in [-0.05, 0) is 19.9 Å². The highest BCUT2D eigenvalue weighted by atomic mass is 19.4. The Hall–Kier alpha value is -3.48. The summed E-state index contributed by atoms with van der Waals surface area (Å²) in [6.45, 7) is 1.88. The van der Waals surface area contributed by atoms with E-state index in [4.69, 9.17) is 4.74 Å². The van der Waals surface area contributed by atoms with Crippen molar-refractivity contribution in [3.05, 3.63) is 30.6 Å². The number of H-pyrrole nitrogens is 2. The first-order valence-corrected chi connectivity index (χ1v) is 9.62. The minimum Gasteiger partial charge on any atom is -0.474 e. The maximum atomic E-state index is 13.0. The van der Waals surface area contributed by atoms with Gasteiger partial charge in [-0.2, -0.15) is 18.2 Å². The highest BCUT2D eigenvalue weighted by Crippen LogP contribution is 2.32. The predicted octanol–water partition coefficient (Wildman–Crippen LogP) is 2.40. The average Bonchev–Trinajstić information content (AvgIpc) is 3.47. The molecule has 0 radical (unpaired) electrons. The van der Waals surface area contributed by atoms with Gasteiger partial charge in [0.2, 0.25) is 11.7 Å². The molecule has 5 rings (SSSR count). The minimum atomic E-state index is -4.67. The molecule has 1 aliphatic rings. The van der Waals surface area contributed by atoms with Gasteiger partial charge in [-0.3, -0.25) is 9.50 Å². The molecular weight excluding hydrogens is 415 g/mol. The zero-order chi connectivity index (χ0) is 21.6. The molecule has 1 aliphatic heterocycles. The lowest BCUT2D eigenvalue weighted by Crippen LogP contribution is -2.35. The number of rotatable bonds is 4. The van der Waals surface area contributed by atoms with Crippen molar-refractivity contribution < 1.29 is 17.9 Å². The van der Waals surface area contributed by atoms with E-state index in [1.807, 2.05) is 0 Å². The van der Waals surface area contributed by atoms with Gasteiger partial charge in [0.05, 0.1) is 6.33 Å². The molecule has 31 heavy (non-hydrogen) atoms. The van der Waals surface area contributed by atoms with Crippen molar-refractivity contribution in [1.29, 1.82) is 0 Å². The smallest absolute Gasteiger partial charge is 0.453 e. The van der Waals surface area contributed by atoms with E-state index in [0.717, 1.165) is 25.9 Å². The number of halogens is 3. The lowest BCUT2D eigenvalue weighted by molar-refractivity contribution is -0.144. The number of aromatic amines is 2. The molecule has 13 heteroatoms. The summed E-state index contributed by atoms with van der Waals surface area (Å²) >= 11 is 0. The van der Waals surface area contributed by atoms with Crippen molar-refractivity contribution in [3.8, 4) is 28.8 Å². The SMILES string of the molecule is CN1CCC(Oc2ccn3c(-c4c[nH]cn4)c(-c4nc(C(F)(F)F)n[nH]4)nc3n2)CC1. The van der Waals surface area contributed by atoms with Crippen LogP contribution < -0.4 is 4.74 Å². The van der Waals surface area contributed by atoms with Gasteiger partial charge in [-0.1, -0.05) is 0 Å². The molecular formula is C18H18F3N9O. The average molecular weight is 433 g/mol. The quantitative estimate of drug-likeness (QED) is 0.508. The number of nitrogens with zero attached hydrogens (tertiary/aromatic N) is 7. The standard InChI is InChI=1S/C18H18F3N9O/c1-29-5-2-10(3-6-29)31-12-4-7-30-14(11-8-22-9-23-11)13(25-17(30)24-12)15-26-16(28-27-15)18(19,20)21/h4,7-10H,2-3,5-6H2,1H3,(H,22,23)(H,26,27,28). The second-order valence-electron chi connectivity index (χ2n) is 7.33. The van der Waals surface area contributed by atoms with Gasteiger partial charge in [0.1, 0.15) is 23.2 Å². The van der Waals surface area contributed by atoms with E-state index in [1.54, 1.807) is 22.9 Å². The molecule has 0 unspecified atom stereocenters. The van der Waals surface area contributed by atoms with Crippen LogP contribution in [-0.2, 0) is 6.18 Å². The maximum Gasteiger partial charge on any atom is 0.453 e. The third-order valence-electron chi connectivity index (χ3n) is 5.13. The van der Waals surface area contributed by atoms with Gasteiger partial charge >= 0.3 is 6.18 Å². The lowest BCUT2D eigenvalue weighted by atomic mass is 10.1. The van der Waals surface area contributed by atoms with Crippen molar-refractivity contribution in [1.82, 2.24) is 44.4 Å². The third-order valence-corrected chi connectivity index (χ3v) is 5.13. The predicted molar refractivity (Wildman–Crippen MR) is 102 cm³/mol. The van der Waals surface area contributed by atoms with Gasteiger partial charge < -0.3 is 14.6 Å². The van der Waals surface area contributed by atoms with Gasteiger partial charge in [-0.25, -0.2) is 15.0 Å². The van der Waals surface area contributed by atoms with E-state index in [1.165, 1.54) is 6.33 Å². The molecule has 2 N–H and O–H groups in total. The summed E-state index contributed by atoms with van der Waals surface area (Å²) in [5.41, 5.74) is 1.05. The van der Waals surface area contributed by atoms with Gasteiger partial charge in [0, 0.05) is 31.5 Å². The highest BCUT2D eigenvalue weighted by Gasteiger charge is 2.37. The van der Waals surface area contributed by atoms with E-state index in [-0.39, 0.29) is 23.4 Å². The van der Waals surface area contributed by atoms with Crippen LogP contribution in [0.5, 0.6) is 5.88 Å². The lowest BCUT2D eigenvalue weighted by Gasteiger charge is -2.28. The zero-order valence-electron chi connectivity index (χ0n) is 16.4. The molecule has 4 aromatic heterocycles. The number of ether oxygens (including phenoxy) is 1. The fourth-order valence-corrected chi connectivity index (χ4v) is 3.55. The van der Waals surface area contributed by atoms with E-state index in [9.17, 15) is 13.2 Å². The van der Waals surface area contributed by atoms with Crippen LogP contribution in [0.15, 0.2) is 24.8 Å². The molecule has 0 atom stereocenters. The number of hydrogen-bond acceptors (Lipinski definition) is 7. The Morgan fingerprint density at radius 2 is 1.97 bits per heavy atom. The Bertz CT molecular complexity index is 1190. The Kier molecular flexibility index (Phi) is 4.61. The Labute approximate surface area is 173 Å². The minimum absolute atomic E-state index is 0.0509. The molecule has 1 fully saturated rings. The summed E-state index contributed by atoms with van der Waals surface area (Å²) in [5, 5.41) is 5.59. The molecule has 0 spiro atoms. The second kappa shape index (κ2) is 7.34. The summed E-state index contributed by atoms with van der Waals surface area (Å²) in [4.78, 5) is 21.7. The zero-order valence-corrected chi connectivity index (χ0v) is 16.4. The summed E-state index contributed by atoms with van der Waals surface area (Å²) < 4.78 is 46.6. The number of hydrogen-bond donors (Lipinski definition) is 2. The fraction of sp³-hybridized carbons (Fsp3) is 0.389. The second-order valence-corrected chi connectivity index (χ2v) is 7.33.